The van der Waals surface area contributed by atoms with Gasteiger partial charge in [-0.15, -0.1) is 0 Å². The van der Waals surface area contributed by atoms with Crippen molar-refractivity contribution < 1.29 is 0 Å². The summed E-state index contributed by atoms with van der Waals surface area (Å²) < 4.78 is 0.416. The molecule has 1 heterocycles. The van der Waals surface area contributed by atoms with Gasteiger partial charge in [0.1, 0.15) is 5.82 Å². The molecule has 0 saturated heterocycles. The molecule has 0 aliphatic heterocycles. The fourth-order valence-corrected chi connectivity index (χ4v) is 2.66. The topological polar surface area (TPSA) is 63.8 Å². The van der Waals surface area contributed by atoms with Crippen LogP contribution in [0, 0.1) is 0 Å². The van der Waals surface area contributed by atoms with Gasteiger partial charge in [0.05, 0.1) is 0 Å². The van der Waals surface area contributed by atoms with E-state index in [2.05, 4.69) is 21.5 Å². The van der Waals surface area contributed by atoms with Crippen LogP contribution in [0.4, 0.5) is 11.8 Å². The normalized spacial score (nSPS) is 18.2. The third-order valence-corrected chi connectivity index (χ3v) is 4.38. The lowest BCUT2D eigenvalue weighted by Gasteiger charge is -2.40. The van der Waals surface area contributed by atoms with Gasteiger partial charge in [-0.2, -0.15) is 16.7 Å². The van der Waals surface area contributed by atoms with Crippen LogP contribution in [-0.2, 0) is 0 Å². The number of nitrogen functional groups attached to an aromatic ring is 1. The maximum atomic E-state index is 5.51. The Morgan fingerprint density at radius 2 is 2.40 bits per heavy atom. The van der Waals surface area contributed by atoms with E-state index >= 15 is 0 Å². The highest BCUT2D eigenvalue weighted by Gasteiger charge is 2.35. The summed E-state index contributed by atoms with van der Waals surface area (Å²) in [6.45, 7) is 0.963. The average Bonchev–Trinajstić information content (AvgIpc) is 2.17. The predicted octanol–water partition coefficient (Wildman–Crippen LogP) is 1.76. The van der Waals surface area contributed by atoms with E-state index < -0.39 is 0 Å². The molecule has 0 radical (unpaired) electrons. The first-order valence-corrected chi connectivity index (χ1v) is 6.34. The number of hydrogen-bond donors (Lipinski definition) is 2. The minimum atomic E-state index is 0.326. The Morgan fingerprint density at radius 3 is 2.93 bits per heavy atom. The Morgan fingerprint density at radius 1 is 1.60 bits per heavy atom. The lowest BCUT2D eigenvalue weighted by molar-refractivity contribution is 0.379. The van der Waals surface area contributed by atoms with Crippen molar-refractivity contribution in [3.05, 3.63) is 12.3 Å². The molecule has 15 heavy (non-hydrogen) atoms. The molecule has 1 aliphatic rings. The van der Waals surface area contributed by atoms with Gasteiger partial charge in [-0.3, -0.25) is 0 Å². The first-order valence-electron chi connectivity index (χ1n) is 5.12. The smallest absolute Gasteiger partial charge is 0.221 e. The highest BCUT2D eigenvalue weighted by Crippen LogP contribution is 2.42. The van der Waals surface area contributed by atoms with E-state index in [-0.39, 0.29) is 0 Å². The predicted molar refractivity (Wildman–Crippen MR) is 65.0 cm³/mol. The maximum absolute atomic E-state index is 5.51. The zero-order chi connectivity index (χ0) is 10.7. The van der Waals surface area contributed by atoms with Crippen molar-refractivity contribution in [2.75, 3.05) is 23.9 Å². The van der Waals surface area contributed by atoms with Crippen LogP contribution in [0.2, 0.25) is 0 Å². The molecule has 3 N–H and O–H groups in total. The summed E-state index contributed by atoms with van der Waals surface area (Å²) in [6.07, 6.45) is 7.78. The van der Waals surface area contributed by atoms with Crippen LogP contribution < -0.4 is 11.1 Å². The maximum Gasteiger partial charge on any atom is 0.221 e. The summed E-state index contributed by atoms with van der Waals surface area (Å²) in [4.78, 5) is 7.98. The Kier molecular flexibility index (Phi) is 3.00. The quantitative estimate of drug-likeness (QED) is 0.816. The molecular formula is C10H16N4S. The lowest BCUT2D eigenvalue weighted by Crippen LogP contribution is -2.40. The van der Waals surface area contributed by atoms with Gasteiger partial charge in [0, 0.05) is 17.5 Å². The molecule has 1 fully saturated rings. The first-order chi connectivity index (χ1) is 7.24. The third kappa shape index (κ3) is 2.34. The molecule has 0 unspecified atom stereocenters. The van der Waals surface area contributed by atoms with Crippen LogP contribution in [0.3, 0.4) is 0 Å². The van der Waals surface area contributed by atoms with Crippen LogP contribution in [0.1, 0.15) is 19.3 Å². The molecule has 4 nitrogen and oxygen atoms in total. The number of nitrogens with zero attached hydrogens (tertiary/aromatic N) is 2. The van der Waals surface area contributed by atoms with Crippen molar-refractivity contribution in [1.82, 2.24) is 9.97 Å². The van der Waals surface area contributed by atoms with E-state index in [1.54, 1.807) is 6.20 Å². The Hall–Kier alpha value is -0.970. The van der Waals surface area contributed by atoms with E-state index in [9.17, 15) is 0 Å². The molecule has 1 aromatic rings. The first kappa shape index (κ1) is 10.5. The van der Waals surface area contributed by atoms with Crippen molar-refractivity contribution >= 4 is 23.5 Å². The largest absolute Gasteiger partial charge is 0.369 e. The summed E-state index contributed by atoms with van der Waals surface area (Å²) in [5.74, 6) is 1.15. The molecule has 1 saturated carbocycles. The minimum absolute atomic E-state index is 0.326. The molecule has 0 spiro atoms. The third-order valence-electron chi connectivity index (χ3n) is 2.96. The number of thioether (sulfide) groups is 1. The zero-order valence-corrected chi connectivity index (χ0v) is 9.68. The Bertz CT molecular complexity index is 332. The minimum Gasteiger partial charge on any atom is -0.369 e. The van der Waals surface area contributed by atoms with Gasteiger partial charge in [0.2, 0.25) is 5.95 Å². The Balaban J connectivity index is 1.92. The van der Waals surface area contributed by atoms with Gasteiger partial charge in [0.25, 0.3) is 0 Å². The summed E-state index contributed by atoms with van der Waals surface area (Å²) in [5.41, 5.74) is 5.51. The van der Waals surface area contributed by atoms with Crippen molar-refractivity contribution in [3.8, 4) is 0 Å². The van der Waals surface area contributed by atoms with Gasteiger partial charge in [-0.25, -0.2) is 4.98 Å². The number of anilines is 2. The van der Waals surface area contributed by atoms with E-state index in [0.29, 0.717) is 10.7 Å². The van der Waals surface area contributed by atoms with Crippen molar-refractivity contribution in [2.24, 2.45) is 0 Å². The average molecular weight is 224 g/mol. The van der Waals surface area contributed by atoms with Gasteiger partial charge < -0.3 is 11.1 Å². The lowest BCUT2D eigenvalue weighted by atomic mass is 9.84. The molecular weight excluding hydrogens is 208 g/mol. The van der Waals surface area contributed by atoms with E-state index in [1.807, 2.05) is 17.8 Å². The van der Waals surface area contributed by atoms with Gasteiger partial charge in [-0.1, -0.05) is 6.42 Å². The van der Waals surface area contributed by atoms with E-state index in [0.717, 1.165) is 12.4 Å². The molecule has 1 aromatic heterocycles. The summed E-state index contributed by atoms with van der Waals surface area (Å²) in [5, 5.41) is 3.33. The number of hydrogen-bond acceptors (Lipinski definition) is 5. The number of aromatic nitrogens is 2. The summed E-state index contributed by atoms with van der Waals surface area (Å²) in [6, 6.07) is 1.85. The second-order valence-electron chi connectivity index (χ2n) is 3.89. The molecule has 2 rings (SSSR count). The van der Waals surface area contributed by atoms with Crippen LogP contribution in [0.15, 0.2) is 12.3 Å². The molecule has 5 heteroatoms. The number of rotatable bonds is 4. The number of nitrogens with two attached hydrogens (primary N) is 1. The number of nitrogens with one attached hydrogen (secondary N) is 1. The van der Waals surface area contributed by atoms with Crippen LogP contribution in [0.5, 0.6) is 0 Å². The second kappa shape index (κ2) is 4.26. The van der Waals surface area contributed by atoms with Crippen molar-refractivity contribution in [1.29, 1.82) is 0 Å². The second-order valence-corrected chi connectivity index (χ2v) is 5.17. The highest BCUT2D eigenvalue weighted by molar-refractivity contribution is 8.00. The van der Waals surface area contributed by atoms with Crippen LogP contribution in [0.25, 0.3) is 0 Å². The molecule has 0 amide bonds. The van der Waals surface area contributed by atoms with Gasteiger partial charge in [0.15, 0.2) is 0 Å². The Labute approximate surface area is 94.1 Å². The van der Waals surface area contributed by atoms with Crippen LogP contribution >= 0.6 is 11.8 Å². The van der Waals surface area contributed by atoms with E-state index in [4.69, 9.17) is 5.73 Å². The molecule has 1 aliphatic carbocycles. The van der Waals surface area contributed by atoms with Gasteiger partial charge in [-0.05, 0) is 25.2 Å². The molecule has 0 atom stereocenters. The van der Waals surface area contributed by atoms with Gasteiger partial charge >= 0.3 is 0 Å². The molecule has 82 valence electrons. The monoisotopic (exact) mass is 224 g/mol. The van der Waals surface area contributed by atoms with E-state index in [1.165, 1.54) is 19.3 Å². The fraction of sp³-hybridized carbons (Fsp3) is 0.600. The molecule has 0 bridgehead atoms. The molecule has 0 aromatic carbocycles. The summed E-state index contributed by atoms with van der Waals surface area (Å²) >= 11 is 1.95. The van der Waals surface area contributed by atoms with Crippen molar-refractivity contribution in [2.45, 2.75) is 24.0 Å². The van der Waals surface area contributed by atoms with Crippen LogP contribution in [-0.4, -0.2) is 27.5 Å². The highest BCUT2D eigenvalue weighted by atomic mass is 32.2. The van der Waals surface area contributed by atoms with Crippen molar-refractivity contribution in [3.63, 3.8) is 0 Å². The fourth-order valence-electron chi connectivity index (χ4n) is 1.75. The SMILES string of the molecule is CSC1(CNc2ccnc(N)n2)CCC1. The standard InChI is InChI=1S/C10H16N4S/c1-15-10(4-2-5-10)7-13-8-3-6-12-9(11)14-8/h3,6H,2,4-5,7H2,1H3,(H3,11,12,13,14). The zero-order valence-electron chi connectivity index (χ0n) is 8.86. The summed E-state index contributed by atoms with van der Waals surface area (Å²) in [7, 11) is 0.